The van der Waals surface area contributed by atoms with Gasteiger partial charge in [0.05, 0.1) is 11.8 Å². The smallest absolute Gasteiger partial charge is 0.406 e. The Morgan fingerprint density at radius 2 is 1.60 bits per heavy atom. The first-order chi connectivity index (χ1) is 18.9. The average Bonchev–Trinajstić information content (AvgIpc) is 2.89. The van der Waals surface area contributed by atoms with Crippen molar-refractivity contribution in [3.8, 4) is 5.75 Å². The summed E-state index contributed by atoms with van der Waals surface area (Å²) in [5.41, 5.74) is 2.07. The van der Waals surface area contributed by atoms with E-state index in [0.29, 0.717) is 17.7 Å². The predicted molar refractivity (Wildman–Crippen MR) is 130 cm³/mol. The van der Waals surface area contributed by atoms with E-state index in [1.54, 1.807) is 24.5 Å². The van der Waals surface area contributed by atoms with Crippen LogP contribution in [0.25, 0.3) is 0 Å². The molecule has 4 rings (SSSR count). The Morgan fingerprint density at radius 3 is 2.27 bits per heavy atom. The number of benzene rings is 2. The summed E-state index contributed by atoms with van der Waals surface area (Å²) in [6.45, 7) is 0.237. The molecule has 2 heterocycles. The van der Waals surface area contributed by atoms with Gasteiger partial charge in [0.1, 0.15) is 11.6 Å². The average molecular weight is 566 g/mol. The molecular formula is C24H17F7N8O. The zero-order valence-electron chi connectivity index (χ0n) is 19.9. The van der Waals surface area contributed by atoms with Gasteiger partial charge in [-0.1, -0.05) is 6.07 Å². The Kier molecular flexibility index (Phi) is 8.26. The highest BCUT2D eigenvalue weighted by atomic mass is 19.4. The van der Waals surface area contributed by atoms with Gasteiger partial charge in [0.25, 0.3) is 0 Å². The molecule has 0 spiro atoms. The lowest BCUT2D eigenvalue weighted by Gasteiger charge is -2.12. The van der Waals surface area contributed by atoms with Crippen molar-refractivity contribution in [1.82, 2.24) is 19.9 Å². The van der Waals surface area contributed by atoms with Crippen molar-refractivity contribution in [1.29, 1.82) is 0 Å². The fourth-order valence-corrected chi connectivity index (χ4v) is 3.11. The molecule has 0 aliphatic heterocycles. The fourth-order valence-electron chi connectivity index (χ4n) is 3.11. The van der Waals surface area contributed by atoms with Gasteiger partial charge in [-0.3, -0.25) is 4.98 Å². The Balaban J connectivity index is 1.54. The molecule has 2 aromatic carbocycles. The van der Waals surface area contributed by atoms with E-state index >= 15 is 0 Å². The molecule has 0 unspecified atom stereocenters. The molecule has 0 aliphatic carbocycles. The van der Waals surface area contributed by atoms with Gasteiger partial charge in [0.2, 0.25) is 17.8 Å². The number of alkyl halides is 6. The summed E-state index contributed by atoms with van der Waals surface area (Å²) in [5, 5.41) is 9.43. The standard InChI is InChI=1S/C24H17F7N8O/c25-19-8-5-16(10-18(19)23(26,27)28)35-21-36-20(33-12-15-2-1-9-32-11-15)37-22(38-21)39-34-13-14-3-6-17(7-4-14)40-24(29,30)31/h1-11,13H,12H2,(H3,33,35,36,37,38,39)/b34-13+. The molecule has 0 saturated heterocycles. The molecule has 40 heavy (non-hydrogen) atoms. The Bertz CT molecular complexity index is 1460. The number of hydrogen-bond acceptors (Lipinski definition) is 9. The monoisotopic (exact) mass is 566 g/mol. The first-order valence-electron chi connectivity index (χ1n) is 11.1. The van der Waals surface area contributed by atoms with Crippen molar-refractivity contribution < 1.29 is 35.5 Å². The van der Waals surface area contributed by atoms with Crippen LogP contribution in [0.1, 0.15) is 16.7 Å². The highest BCUT2D eigenvalue weighted by Crippen LogP contribution is 2.33. The Morgan fingerprint density at radius 1 is 0.875 bits per heavy atom. The van der Waals surface area contributed by atoms with Gasteiger partial charge < -0.3 is 15.4 Å². The molecule has 0 bridgehead atoms. The van der Waals surface area contributed by atoms with Crippen LogP contribution in [0, 0.1) is 5.82 Å². The first kappa shape index (κ1) is 28.0. The molecule has 208 valence electrons. The third kappa shape index (κ3) is 8.24. The van der Waals surface area contributed by atoms with Gasteiger partial charge in [-0.25, -0.2) is 9.82 Å². The number of nitrogens with one attached hydrogen (secondary N) is 3. The quantitative estimate of drug-likeness (QED) is 0.126. The molecule has 0 atom stereocenters. The van der Waals surface area contributed by atoms with Gasteiger partial charge in [-0.2, -0.15) is 33.2 Å². The number of rotatable bonds is 9. The molecule has 9 nitrogen and oxygen atoms in total. The van der Waals surface area contributed by atoms with E-state index in [-0.39, 0.29) is 30.1 Å². The van der Waals surface area contributed by atoms with Crippen LogP contribution in [-0.2, 0) is 12.7 Å². The molecule has 0 fully saturated rings. The summed E-state index contributed by atoms with van der Waals surface area (Å²) in [6, 6.07) is 10.6. The van der Waals surface area contributed by atoms with E-state index in [4.69, 9.17) is 0 Å². The van der Waals surface area contributed by atoms with Crippen LogP contribution in [0.2, 0.25) is 0 Å². The predicted octanol–water partition coefficient (Wildman–Crippen LogP) is 6.12. The van der Waals surface area contributed by atoms with Gasteiger partial charge in [0.15, 0.2) is 0 Å². The summed E-state index contributed by atoms with van der Waals surface area (Å²) in [5.74, 6) is -2.19. The minimum Gasteiger partial charge on any atom is -0.406 e. The fraction of sp³-hybridized carbons (Fsp3) is 0.125. The number of aromatic nitrogens is 4. The zero-order chi connectivity index (χ0) is 28.8. The summed E-state index contributed by atoms with van der Waals surface area (Å²) >= 11 is 0. The lowest BCUT2D eigenvalue weighted by Crippen LogP contribution is -2.17. The number of hydrazone groups is 1. The number of pyridine rings is 1. The molecule has 0 radical (unpaired) electrons. The van der Waals surface area contributed by atoms with Crippen molar-refractivity contribution >= 4 is 29.7 Å². The normalized spacial score (nSPS) is 11.9. The highest BCUT2D eigenvalue weighted by molar-refractivity contribution is 5.80. The van der Waals surface area contributed by atoms with Gasteiger partial charge in [-0.05, 0) is 59.7 Å². The molecular weight excluding hydrogens is 549 g/mol. The van der Waals surface area contributed by atoms with Crippen molar-refractivity contribution in [3.63, 3.8) is 0 Å². The maximum atomic E-state index is 13.7. The lowest BCUT2D eigenvalue weighted by molar-refractivity contribution is -0.274. The second-order valence-corrected chi connectivity index (χ2v) is 7.83. The minimum absolute atomic E-state index is 0.00543. The van der Waals surface area contributed by atoms with Gasteiger partial charge >= 0.3 is 12.5 Å². The Labute approximate surface area is 221 Å². The van der Waals surface area contributed by atoms with Crippen molar-refractivity contribution in [3.05, 3.63) is 89.5 Å². The second-order valence-electron chi connectivity index (χ2n) is 7.83. The second kappa shape index (κ2) is 11.8. The number of nitrogens with zero attached hydrogens (tertiary/aromatic N) is 5. The summed E-state index contributed by atoms with van der Waals surface area (Å²) in [4.78, 5) is 16.3. The minimum atomic E-state index is -4.92. The highest BCUT2D eigenvalue weighted by Gasteiger charge is 2.34. The van der Waals surface area contributed by atoms with Crippen LogP contribution in [0.15, 0.2) is 72.1 Å². The van der Waals surface area contributed by atoms with Crippen LogP contribution in [0.5, 0.6) is 5.75 Å². The van der Waals surface area contributed by atoms with E-state index in [9.17, 15) is 30.7 Å². The number of hydrogen-bond donors (Lipinski definition) is 3. The molecule has 4 aromatic rings. The first-order valence-corrected chi connectivity index (χ1v) is 11.1. The largest absolute Gasteiger partial charge is 0.573 e. The number of anilines is 4. The van der Waals surface area contributed by atoms with E-state index in [2.05, 4.69) is 45.8 Å². The van der Waals surface area contributed by atoms with Crippen LogP contribution < -0.4 is 20.8 Å². The lowest BCUT2D eigenvalue weighted by atomic mass is 10.2. The third-order valence-corrected chi connectivity index (χ3v) is 4.83. The topological polar surface area (TPSA) is 109 Å². The number of ether oxygens (including phenoxy) is 1. The molecule has 0 amide bonds. The van der Waals surface area contributed by atoms with E-state index in [0.717, 1.165) is 23.8 Å². The van der Waals surface area contributed by atoms with Crippen LogP contribution >= 0.6 is 0 Å². The molecule has 2 aromatic heterocycles. The summed E-state index contributed by atoms with van der Waals surface area (Å²) in [6.07, 6.45) is -5.31. The molecule has 16 heteroatoms. The van der Waals surface area contributed by atoms with E-state index < -0.39 is 29.7 Å². The Hall–Kier alpha value is -5.02. The van der Waals surface area contributed by atoms with E-state index in [1.165, 1.54) is 18.3 Å². The third-order valence-electron chi connectivity index (χ3n) is 4.83. The maximum Gasteiger partial charge on any atom is 0.573 e. The summed E-state index contributed by atoms with van der Waals surface area (Å²) in [7, 11) is 0. The molecule has 0 aliphatic rings. The number of halogens is 7. The van der Waals surface area contributed by atoms with Crippen LogP contribution in [-0.4, -0.2) is 32.5 Å². The van der Waals surface area contributed by atoms with Gasteiger partial charge in [-0.15, -0.1) is 13.2 Å². The zero-order valence-corrected chi connectivity index (χ0v) is 19.9. The van der Waals surface area contributed by atoms with E-state index in [1.807, 2.05) is 0 Å². The van der Waals surface area contributed by atoms with Crippen molar-refractivity contribution in [2.75, 3.05) is 16.1 Å². The van der Waals surface area contributed by atoms with Crippen LogP contribution in [0.3, 0.4) is 0 Å². The molecule has 0 saturated carbocycles. The van der Waals surface area contributed by atoms with Crippen molar-refractivity contribution in [2.24, 2.45) is 5.10 Å². The van der Waals surface area contributed by atoms with Crippen molar-refractivity contribution in [2.45, 2.75) is 19.1 Å². The van der Waals surface area contributed by atoms with Gasteiger partial charge in [0, 0.05) is 24.6 Å². The summed E-state index contributed by atoms with van der Waals surface area (Å²) < 4.78 is 93.8. The SMILES string of the molecule is Fc1ccc(Nc2nc(NCc3cccnc3)nc(N/N=C/c3ccc(OC(F)(F)F)cc3)n2)cc1C(F)(F)F. The van der Waals surface area contributed by atoms with Crippen LogP contribution in [0.4, 0.5) is 54.3 Å². The molecule has 3 N–H and O–H groups in total. The maximum absolute atomic E-state index is 13.7.